The summed E-state index contributed by atoms with van der Waals surface area (Å²) in [5.74, 6) is 0.111. The molecule has 1 aromatic rings. The molecule has 0 saturated heterocycles. The molecule has 0 aliphatic rings. The molecule has 0 saturated carbocycles. The average Bonchev–Trinajstić information content (AvgIpc) is 2.15. The fourth-order valence-corrected chi connectivity index (χ4v) is 1.72. The van der Waals surface area contributed by atoms with E-state index in [1.807, 2.05) is 13.8 Å². The van der Waals surface area contributed by atoms with Crippen LogP contribution in [-0.4, -0.2) is 5.21 Å². The van der Waals surface area contributed by atoms with Gasteiger partial charge >= 0.3 is 11.9 Å². The van der Waals surface area contributed by atoms with Gasteiger partial charge in [-0.05, 0) is 12.0 Å². The topological polar surface area (TPSA) is 24.1 Å². The third-order valence-electron chi connectivity index (χ3n) is 2.60. The van der Waals surface area contributed by atoms with Crippen LogP contribution in [0.5, 0.6) is 0 Å². The molecule has 0 aromatic carbocycles. The molecule has 0 amide bonds. The Balaban J connectivity index is 3.16. The maximum Gasteiger partial charge on any atom is 0.482 e. The van der Waals surface area contributed by atoms with Gasteiger partial charge in [0.05, 0.1) is 0 Å². The highest BCUT2D eigenvalue weighted by Crippen LogP contribution is 2.29. The first-order chi connectivity index (χ1) is 7.77. The van der Waals surface area contributed by atoms with E-state index in [0.29, 0.717) is 5.56 Å². The predicted octanol–water partition coefficient (Wildman–Crippen LogP) is 3.16. The molecule has 0 spiro atoms. The van der Waals surface area contributed by atoms with E-state index in [0.717, 1.165) is 12.3 Å². The molecule has 0 fully saturated rings. The van der Waals surface area contributed by atoms with Crippen molar-refractivity contribution in [3.8, 4) is 0 Å². The summed E-state index contributed by atoms with van der Waals surface area (Å²) in [6.07, 6.45) is -1.82. The molecular weight excluding hydrogens is 231 g/mol. The molecule has 5 heteroatoms. The second kappa shape index (κ2) is 4.77. The number of hydrogen-bond acceptors (Lipinski definition) is 1. The SMILES string of the molecule is C=CC(c1ccc(C(F)(F)F)[n+](O)c1)C(C)C. The Morgan fingerprint density at radius 1 is 1.35 bits per heavy atom. The summed E-state index contributed by atoms with van der Waals surface area (Å²) in [4.78, 5) is 0. The molecule has 1 N–H and O–H groups in total. The summed E-state index contributed by atoms with van der Waals surface area (Å²) in [7, 11) is 0. The molecule has 0 aliphatic heterocycles. The van der Waals surface area contributed by atoms with Gasteiger partial charge < -0.3 is 0 Å². The van der Waals surface area contributed by atoms with Gasteiger partial charge in [0.2, 0.25) is 6.20 Å². The number of aromatic nitrogens is 1. The Labute approximate surface area is 98.0 Å². The molecular formula is C12H15F3NO+. The normalized spacial score (nSPS) is 13.8. The first-order valence-electron chi connectivity index (χ1n) is 5.22. The number of nitrogens with zero attached hydrogens (tertiary/aromatic N) is 1. The highest BCUT2D eigenvalue weighted by atomic mass is 19.4. The molecule has 0 aliphatic carbocycles. The fourth-order valence-electron chi connectivity index (χ4n) is 1.72. The lowest BCUT2D eigenvalue weighted by Crippen LogP contribution is -2.40. The van der Waals surface area contributed by atoms with Crippen molar-refractivity contribution in [2.45, 2.75) is 25.9 Å². The molecule has 1 aromatic heterocycles. The Morgan fingerprint density at radius 2 is 1.94 bits per heavy atom. The van der Waals surface area contributed by atoms with Gasteiger partial charge in [0.15, 0.2) is 0 Å². The molecule has 2 nitrogen and oxygen atoms in total. The summed E-state index contributed by atoms with van der Waals surface area (Å²) in [5, 5.41) is 9.32. The maximum atomic E-state index is 12.4. The highest BCUT2D eigenvalue weighted by Gasteiger charge is 2.42. The summed E-state index contributed by atoms with van der Waals surface area (Å²) in [5.41, 5.74) is -0.488. The van der Waals surface area contributed by atoms with Gasteiger partial charge in [-0.1, -0.05) is 19.9 Å². The lowest BCUT2D eigenvalue weighted by molar-refractivity contribution is -0.915. The zero-order valence-electron chi connectivity index (χ0n) is 9.70. The second-order valence-electron chi connectivity index (χ2n) is 4.20. The van der Waals surface area contributed by atoms with E-state index in [2.05, 4.69) is 6.58 Å². The van der Waals surface area contributed by atoms with Crippen molar-refractivity contribution in [1.29, 1.82) is 0 Å². The van der Waals surface area contributed by atoms with E-state index < -0.39 is 11.9 Å². The average molecular weight is 246 g/mol. The van der Waals surface area contributed by atoms with E-state index >= 15 is 0 Å². The van der Waals surface area contributed by atoms with Crippen LogP contribution < -0.4 is 4.73 Å². The summed E-state index contributed by atoms with van der Waals surface area (Å²) in [6.45, 7) is 7.52. The van der Waals surface area contributed by atoms with Gasteiger partial charge in [-0.3, -0.25) is 5.21 Å². The van der Waals surface area contributed by atoms with E-state index in [1.54, 1.807) is 6.08 Å². The zero-order chi connectivity index (χ0) is 13.2. The van der Waals surface area contributed by atoms with Crippen molar-refractivity contribution in [2.24, 2.45) is 5.92 Å². The van der Waals surface area contributed by atoms with Crippen molar-refractivity contribution in [1.82, 2.24) is 0 Å². The Kier molecular flexibility index (Phi) is 3.80. The lowest BCUT2D eigenvalue weighted by Gasteiger charge is -2.15. The fraction of sp³-hybridized carbons (Fsp3) is 0.417. The molecule has 1 rings (SSSR count). The van der Waals surface area contributed by atoms with Crippen LogP contribution in [-0.2, 0) is 6.18 Å². The van der Waals surface area contributed by atoms with Gasteiger partial charge in [-0.25, -0.2) is 0 Å². The summed E-state index contributed by atoms with van der Waals surface area (Å²) in [6, 6.07) is 2.23. The lowest BCUT2D eigenvalue weighted by atomic mass is 9.89. The van der Waals surface area contributed by atoms with Crippen molar-refractivity contribution >= 4 is 0 Å². The van der Waals surface area contributed by atoms with Crippen LogP contribution in [0.3, 0.4) is 0 Å². The van der Waals surface area contributed by atoms with E-state index in [9.17, 15) is 18.4 Å². The monoisotopic (exact) mass is 246 g/mol. The van der Waals surface area contributed by atoms with Gasteiger partial charge in [-0.2, -0.15) is 13.2 Å². The quantitative estimate of drug-likeness (QED) is 0.494. The van der Waals surface area contributed by atoms with Crippen LogP contribution in [0.15, 0.2) is 31.0 Å². The molecule has 0 radical (unpaired) electrons. The molecule has 1 unspecified atom stereocenters. The third kappa shape index (κ3) is 2.99. The molecule has 94 valence electrons. The molecule has 0 bridgehead atoms. The number of hydrogen-bond donors (Lipinski definition) is 1. The van der Waals surface area contributed by atoms with Gasteiger partial charge in [0.1, 0.15) is 0 Å². The molecule has 17 heavy (non-hydrogen) atoms. The number of halogens is 3. The van der Waals surface area contributed by atoms with Crippen LogP contribution in [0.25, 0.3) is 0 Å². The largest absolute Gasteiger partial charge is 0.482 e. The van der Waals surface area contributed by atoms with Gasteiger partial charge in [0.25, 0.3) is 0 Å². The standard InChI is InChI=1S/C12H15F3NO/c1-4-10(8(2)3)9-5-6-11(12(13,14)15)16(17)7-9/h4-8,10,17H,1H2,2-3H3/q+1. The van der Waals surface area contributed by atoms with Crippen LogP contribution in [0.1, 0.15) is 31.0 Å². The number of alkyl halides is 3. The van der Waals surface area contributed by atoms with Crippen molar-refractivity contribution < 1.29 is 23.1 Å². The summed E-state index contributed by atoms with van der Waals surface area (Å²) >= 11 is 0. The predicted molar refractivity (Wildman–Crippen MR) is 56.6 cm³/mol. The van der Waals surface area contributed by atoms with E-state index in [-0.39, 0.29) is 16.6 Å². The smallest absolute Gasteiger partial charge is 0.285 e. The number of allylic oxidation sites excluding steroid dienone is 1. The Morgan fingerprint density at radius 3 is 2.29 bits per heavy atom. The second-order valence-corrected chi connectivity index (χ2v) is 4.20. The van der Waals surface area contributed by atoms with Crippen molar-refractivity contribution in [2.75, 3.05) is 0 Å². The summed E-state index contributed by atoms with van der Waals surface area (Å²) < 4.78 is 37.4. The maximum absolute atomic E-state index is 12.4. The van der Waals surface area contributed by atoms with Crippen molar-refractivity contribution in [3.63, 3.8) is 0 Å². The van der Waals surface area contributed by atoms with E-state index in [1.165, 1.54) is 6.07 Å². The van der Waals surface area contributed by atoms with Crippen LogP contribution in [0.2, 0.25) is 0 Å². The van der Waals surface area contributed by atoms with Crippen molar-refractivity contribution in [3.05, 3.63) is 42.2 Å². The third-order valence-corrected chi connectivity index (χ3v) is 2.60. The Bertz CT molecular complexity index is 413. The van der Waals surface area contributed by atoms with Gasteiger partial charge in [-0.15, -0.1) is 6.58 Å². The first-order valence-corrected chi connectivity index (χ1v) is 5.22. The molecule has 1 atom stereocenters. The minimum absolute atomic E-state index is 0.0873. The Hall–Kier alpha value is -1.52. The minimum atomic E-state index is -4.56. The van der Waals surface area contributed by atoms with Crippen LogP contribution >= 0.6 is 0 Å². The number of pyridine rings is 1. The van der Waals surface area contributed by atoms with Gasteiger partial charge in [0, 0.05) is 22.3 Å². The number of rotatable bonds is 3. The van der Waals surface area contributed by atoms with E-state index in [4.69, 9.17) is 0 Å². The highest BCUT2D eigenvalue weighted by molar-refractivity contribution is 5.20. The van der Waals surface area contributed by atoms with Crippen LogP contribution in [0.4, 0.5) is 13.2 Å². The molecule has 1 heterocycles. The first kappa shape index (κ1) is 13.5. The van der Waals surface area contributed by atoms with Crippen LogP contribution in [0, 0.1) is 5.92 Å². The minimum Gasteiger partial charge on any atom is -0.285 e. The zero-order valence-corrected chi connectivity index (χ0v) is 9.70.